The Labute approximate surface area is 502 Å². The first-order valence-electron chi connectivity index (χ1n) is 15.0. The van der Waals surface area contributed by atoms with E-state index in [1.54, 1.807) is 185 Å². The monoisotopic (exact) mass is 1570 g/mol. The van der Waals surface area contributed by atoms with E-state index in [0.717, 1.165) is 13.8 Å². The number of halogens is 1. The molecule has 0 aliphatic rings. The summed E-state index contributed by atoms with van der Waals surface area (Å²) < 4.78 is 0. The van der Waals surface area contributed by atoms with Gasteiger partial charge in [0.15, 0.2) is 0 Å². The van der Waals surface area contributed by atoms with E-state index >= 15 is 0 Å². The maximum absolute atomic E-state index is 9.00. The van der Waals surface area contributed by atoms with Crippen molar-refractivity contribution in [3.8, 4) is 47.9 Å². The molecule has 0 radical (unpaired) electrons. The van der Waals surface area contributed by atoms with Gasteiger partial charge < -0.3 is 10.2 Å². The van der Waals surface area contributed by atoms with Crippen LogP contribution in [0.25, 0.3) is 0 Å². The molecular weight excluding hydrogens is 1520 g/mol. The summed E-state index contributed by atoms with van der Waals surface area (Å²) in [7, 11) is 39.8. The Bertz CT molecular complexity index is 2440. The fourth-order valence-electron chi connectivity index (χ4n) is 0.727. The molecule has 0 aromatic heterocycles. The summed E-state index contributed by atoms with van der Waals surface area (Å²) in [6.45, 7) is 21.1. The Morgan fingerprint density at radius 2 is 0.585 bits per heavy atom. The first kappa shape index (κ1) is 97.7. The summed E-state index contributed by atoms with van der Waals surface area (Å²) in [4.78, 5) is 19.8. The van der Waals surface area contributed by atoms with Crippen LogP contribution in [0.3, 0.4) is 0 Å². The van der Waals surface area contributed by atoms with E-state index in [-0.39, 0.29) is 27.8 Å². The molecule has 0 aromatic rings. The summed E-state index contributed by atoms with van der Waals surface area (Å²) in [5.74, 6) is 17.1. The van der Waals surface area contributed by atoms with Crippen molar-refractivity contribution >= 4 is 286 Å². The number of allylic oxidation sites excluding steroid dienone is 7. The van der Waals surface area contributed by atoms with Crippen molar-refractivity contribution in [3.05, 3.63) is 47.5 Å². The van der Waals surface area contributed by atoms with Crippen LogP contribution < -0.4 is 0 Å². The minimum absolute atomic E-state index is 0. The smallest absolute Gasteiger partial charge is 0.300 e. The molecule has 0 aliphatic carbocycles. The third-order valence-corrected chi connectivity index (χ3v) is 51.3. The number of terminal acetylenes is 1. The summed E-state index contributed by atoms with van der Waals surface area (Å²) in [5, 5.41) is 14.8. The second kappa shape index (κ2) is 127. The van der Waals surface area contributed by atoms with Crippen LogP contribution in [0.2, 0.25) is 0 Å². The van der Waals surface area contributed by atoms with Gasteiger partial charge in [-0.2, -0.15) is 0 Å². The molecule has 0 amide bonds. The molecule has 0 atom stereocenters. The molecule has 2 N–H and O–H groups in total. The Morgan fingerprint density at radius 3 is 0.646 bits per heavy atom. The fraction of sp³-hybridized carbons (Fsp3) is 0.419. The number of carbonyl (C=O) groups is 2. The van der Waals surface area contributed by atoms with Crippen molar-refractivity contribution in [2.45, 2.75) is 90.5 Å². The van der Waals surface area contributed by atoms with Gasteiger partial charge in [-0.15, -0.1) is 30.1 Å². The summed E-state index contributed by atoms with van der Waals surface area (Å²) in [5.41, 5.74) is 0. The molecule has 384 valence electrons. The second-order valence-corrected chi connectivity index (χ2v) is 49.1. The number of rotatable bonds is 0. The van der Waals surface area contributed by atoms with Crippen LogP contribution in [0.15, 0.2) is 47.5 Å². The first-order valence-corrected chi connectivity index (χ1v) is 50.5. The molecule has 34 heteroatoms. The summed E-state index contributed by atoms with van der Waals surface area (Å²) in [6, 6.07) is 0. The van der Waals surface area contributed by atoms with Crippen LogP contribution in [0, 0.1) is 47.9 Å². The van der Waals surface area contributed by atoms with Gasteiger partial charge >= 0.3 is 0 Å². The van der Waals surface area contributed by atoms with Crippen molar-refractivity contribution in [1.29, 1.82) is 0 Å². The van der Waals surface area contributed by atoms with Gasteiger partial charge in [-0.3, -0.25) is 9.59 Å². The van der Waals surface area contributed by atoms with E-state index < -0.39 is 11.9 Å². The van der Waals surface area contributed by atoms with Gasteiger partial charge in [0.1, 0.15) is 0 Å². The molecule has 4 nitrogen and oxygen atoms in total. The SMILES string of the molecule is C.C#CC.C/C=C/Br.CC.CC#C/C=C/C.CC#CC=CC.CC#CC=CC.CC(=O)O.CC(=O)O.S=S=S=S=S=S=S=S=S=S=S=S=S.S=S=S=S=S=S=S=S=S=S=S=S=S=S=S.[Pd]. The molecule has 0 rings (SSSR count). The average Bonchev–Trinajstić information content (AvgIpc) is 3.27. The molecule has 0 saturated heterocycles. The van der Waals surface area contributed by atoms with E-state index in [2.05, 4.69) is 63.8 Å². The van der Waals surface area contributed by atoms with Crippen molar-refractivity contribution < 1.29 is 40.2 Å². The normalized spacial score (nSPS) is 6.77. The van der Waals surface area contributed by atoms with Crippen molar-refractivity contribution in [3.63, 3.8) is 0 Å². The Hall–Kier alpha value is 3.44. The topological polar surface area (TPSA) is 74.6 Å². The van der Waals surface area contributed by atoms with Gasteiger partial charge in [-0.1, -0.05) is 79.3 Å². The zero-order chi connectivity index (χ0) is 50.7. The third-order valence-electron chi connectivity index (χ3n) is 1.92. The Morgan fingerprint density at radius 1 is 0.462 bits per heavy atom. The van der Waals surface area contributed by atoms with E-state index in [9.17, 15) is 0 Å². The van der Waals surface area contributed by atoms with E-state index in [1.165, 1.54) is 35.5 Å². The predicted molar refractivity (Wildman–Crippen MR) is 374 cm³/mol. The second-order valence-electron chi connectivity index (χ2n) is 6.10. The number of hydrogen-bond donors (Lipinski definition) is 2. The van der Waals surface area contributed by atoms with Crippen LogP contribution in [0.5, 0.6) is 0 Å². The van der Waals surface area contributed by atoms with Crippen LogP contribution >= 0.6 is 15.9 Å². The standard InChI is InChI=1S/3C6H8.C3H5Br.C3H4.2C2H4O2.C2H6.CH4.Pd.S15.S13/c3*1-3-5-6-4-2;1-2-3-4;1-3-2;2*1-2(3)4;1-2;;;1-3-5-7-9-11-13-15-14-12-10-8-6-4-2;1-3-5-7-9-11-13-12-10-8-6-4-2/h3*3,5H,1-2H3;2-3H,1H3;1H,2H3;2*1H3,(H,3,4);1-2H3;1H4;;;/b5-3+;;;3-2+;;;;;;;;. The molecule has 0 spiro atoms. The molecule has 0 bridgehead atoms. The van der Waals surface area contributed by atoms with E-state index in [0.29, 0.717) is 0 Å². The Balaban J connectivity index is -0.0000000509. The molecule has 0 saturated carbocycles. The van der Waals surface area contributed by atoms with Gasteiger partial charge in [-0.05, 0) is 78.6 Å². The maximum Gasteiger partial charge on any atom is 0.300 e. The van der Waals surface area contributed by atoms with Crippen molar-refractivity contribution in [1.82, 2.24) is 0 Å². The molecular formula is C31H51BrO4PdS28. The van der Waals surface area contributed by atoms with Gasteiger partial charge in [0.25, 0.3) is 11.9 Å². The van der Waals surface area contributed by atoms with Gasteiger partial charge in [0.2, 0.25) is 0 Å². The fourth-order valence-corrected chi connectivity index (χ4v) is 55.6. The largest absolute Gasteiger partial charge is 0.481 e. The molecule has 0 heterocycles. The number of hydrogen-bond acceptors (Lipinski definition) is 6. The maximum atomic E-state index is 9.00. The predicted octanol–water partition coefficient (Wildman–Crippen LogP) is 9.09. The minimum Gasteiger partial charge on any atom is -0.481 e. The number of carboxylic acid groups (broad SMARTS) is 2. The molecule has 0 fully saturated rings. The molecule has 0 unspecified atom stereocenters. The van der Waals surface area contributed by atoms with Crippen molar-refractivity contribution in [2.75, 3.05) is 0 Å². The average molecular weight is 1570 g/mol. The van der Waals surface area contributed by atoms with Crippen LogP contribution in [0.1, 0.15) is 90.5 Å². The zero-order valence-corrected chi connectivity index (χ0v) is 61.5. The van der Waals surface area contributed by atoms with Crippen LogP contribution in [-0.4, -0.2) is 22.2 Å². The van der Waals surface area contributed by atoms with Gasteiger partial charge in [0.05, 0.1) is 0 Å². The van der Waals surface area contributed by atoms with E-state index in [4.69, 9.17) is 64.6 Å². The Kier molecular flexibility index (Phi) is 191. The first-order chi connectivity index (χ1) is 30.4. The third kappa shape index (κ3) is 230. The summed E-state index contributed by atoms with van der Waals surface area (Å²) >= 11 is 21.9. The van der Waals surface area contributed by atoms with Gasteiger partial charge in [0, 0.05) is 292 Å². The zero-order valence-electron chi connectivity index (χ0n) is 35.5. The quantitative estimate of drug-likeness (QED) is 0.184. The number of carboxylic acids is 2. The molecule has 0 aliphatic heterocycles. The molecule has 0 aromatic carbocycles. The minimum atomic E-state index is -0.833. The van der Waals surface area contributed by atoms with Crippen LogP contribution in [-0.2, 0) is 288 Å². The van der Waals surface area contributed by atoms with Gasteiger partial charge in [-0.25, -0.2) is 0 Å². The summed E-state index contributed by atoms with van der Waals surface area (Å²) in [6.07, 6.45) is 17.7. The van der Waals surface area contributed by atoms with Crippen molar-refractivity contribution in [2.24, 2.45) is 0 Å². The number of aliphatic carboxylic acids is 2. The molecule has 65 heavy (non-hydrogen) atoms. The van der Waals surface area contributed by atoms with Crippen LogP contribution in [0.4, 0.5) is 0 Å². The van der Waals surface area contributed by atoms with E-state index in [1.807, 2.05) is 110 Å².